The predicted octanol–water partition coefficient (Wildman–Crippen LogP) is 2.05. The molecule has 1 aromatic rings. The molecule has 0 bridgehead atoms. The summed E-state index contributed by atoms with van der Waals surface area (Å²) in [7, 11) is 3.49. The maximum Gasteiger partial charge on any atom is 0.253 e. The summed E-state index contributed by atoms with van der Waals surface area (Å²) in [6.07, 6.45) is 3.39. The fourth-order valence-corrected chi connectivity index (χ4v) is 1.83. The molecule has 0 heterocycles. The minimum absolute atomic E-state index is 0.00986. The maximum atomic E-state index is 11.9. The predicted molar refractivity (Wildman–Crippen MR) is 62.6 cm³/mol. The van der Waals surface area contributed by atoms with Crippen molar-refractivity contribution >= 4 is 5.91 Å². The summed E-state index contributed by atoms with van der Waals surface area (Å²) in [5.74, 6) is 0.956. The van der Waals surface area contributed by atoms with Crippen LogP contribution in [0, 0.1) is 5.92 Å². The zero-order valence-electron chi connectivity index (χ0n) is 9.73. The van der Waals surface area contributed by atoms with Crippen LogP contribution in [0.5, 0.6) is 5.75 Å². The molecule has 0 aromatic heterocycles. The molecular formula is C13H17NO2. The molecule has 1 aliphatic rings. The quantitative estimate of drug-likeness (QED) is 0.845. The fourth-order valence-electron chi connectivity index (χ4n) is 1.83. The zero-order valence-corrected chi connectivity index (χ0v) is 9.73. The van der Waals surface area contributed by atoms with Crippen molar-refractivity contribution < 1.29 is 9.90 Å². The van der Waals surface area contributed by atoms with Gasteiger partial charge in [0.25, 0.3) is 5.91 Å². The normalized spacial score (nSPS) is 14.9. The molecule has 0 spiro atoms. The number of benzene rings is 1. The lowest BCUT2D eigenvalue weighted by atomic mass is 10.0. The average molecular weight is 219 g/mol. The highest BCUT2D eigenvalue weighted by Crippen LogP contribution is 2.34. The Balaban J connectivity index is 2.30. The molecule has 1 amide bonds. The van der Waals surface area contributed by atoms with E-state index in [-0.39, 0.29) is 11.7 Å². The van der Waals surface area contributed by atoms with Crippen LogP contribution in [0.3, 0.4) is 0 Å². The van der Waals surface area contributed by atoms with Gasteiger partial charge in [-0.05, 0) is 48.9 Å². The fraction of sp³-hybridized carbons (Fsp3) is 0.462. The van der Waals surface area contributed by atoms with Gasteiger partial charge in [0.2, 0.25) is 0 Å². The second-order valence-corrected chi connectivity index (χ2v) is 4.69. The molecule has 0 atom stereocenters. The average Bonchev–Trinajstić information content (AvgIpc) is 3.01. The van der Waals surface area contributed by atoms with Crippen molar-refractivity contribution in [3.63, 3.8) is 0 Å². The van der Waals surface area contributed by atoms with E-state index in [1.54, 1.807) is 37.2 Å². The Labute approximate surface area is 95.7 Å². The molecule has 86 valence electrons. The van der Waals surface area contributed by atoms with Crippen LogP contribution in [-0.4, -0.2) is 30.0 Å². The first-order valence-corrected chi connectivity index (χ1v) is 5.61. The van der Waals surface area contributed by atoms with E-state index in [0.29, 0.717) is 5.92 Å². The monoisotopic (exact) mass is 219 g/mol. The number of phenols is 1. The number of carbonyl (C=O) groups is 1. The third-order valence-electron chi connectivity index (χ3n) is 2.93. The van der Waals surface area contributed by atoms with Crippen molar-refractivity contribution in [2.24, 2.45) is 5.92 Å². The first-order chi connectivity index (χ1) is 7.58. The molecule has 3 nitrogen and oxygen atoms in total. The highest BCUT2D eigenvalue weighted by atomic mass is 16.3. The van der Waals surface area contributed by atoms with Crippen molar-refractivity contribution in [1.29, 1.82) is 0 Å². The molecule has 3 heteroatoms. The molecule has 1 saturated carbocycles. The molecule has 16 heavy (non-hydrogen) atoms. The molecule has 0 aliphatic heterocycles. The van der Waals surface area contributed by atoms with Crippen LogP contribution >= 0.6 is 0 Å². The van der Waals surface area contributed by atoms with Gasteiger partial charge >= 0.3 is 0 Å². The minimum Gasteiger partial charge on any atom is -0.508 e. The van der Waals surface area contributed by atoms with Gasteiger partial charge in [0.1, 0.15) is 5.75 Å². The third kappa shape index (κ3) is 2.35. The molecular weight excluding hydrogens is 202 g/mol. The first kappa shape index (κ1) is 11.0. The van der Waals surface area contributed by atoms with Crippen molar-refractivity contribution in [2.45, 2.75) is 19.3 Å². The number of hydrogen-bond acceptors (Lipinski definition) is 2. The zero-order chi connectivity index (χ0) is 11.7. The smallest absolute Gasteiger partial charge is 0.253 e. The van der Waals surface area contributed by atoms with Crippen LogP contribution in [0.2, 0.25) is 0 Å². The summed E-state index contributed by atoms with van der Waals surface area (Å²) in [6, 6.07) is 5.01. The molecule has 1 fully saturated rings. The summed E-state index contributed by atoms with van der Waals surface area (Å²) in [4.78, 5) is 13.5. The van der Waals surface area contributed by atoms with Crippen molar-refractivity contribution in [3.05, 3.63) is 29.3 Å². The van der Waals surface area contributed by atoms with Gasteiger partial charge in [0, 0.05) is 19.7 Å². The SMILES string of the molecule is CN(C)C(=O)c1ccc(O)cc1CC1CC1. The molecule has 0 saturated heterocycles. The standard InChI is InChI=1S/C13H17NO2/c1-14(2)13(16)12-6-5-11(15)8-10(12)7-9-3-4-9/h5-6,8-9,15H,3-4,7H2,1-2H3. The highest BCUT2D eigenvalue weighted by molar-refractivity contribution is 5.95. The second-order valence-electron chi connectivity index (χ2n) is 4.69. The van der Waals surface area contributed by atoms with Gasteiger partial charge in [-0.3, -0.25) is 4.79 Å². The Bertz CT molecular complexity index is 408. The Morgan fingerprint density at radius 1 is 1.44 bits per heavy atom. The summed E-state index contributed by atoms with van der Waals surface area (Å²) in [6.45, 7) is 0. The van der Waals surface area contributed by atoms with Gasteiger partial charge in [-0.25, -0.2) is 0 Å². The van der Waals surface area contributed by atoms with Gasteiger partial charge < -0.3 is 10.0 Å². The van der Waals surface area contributed by atoms with Crippen LogP contribution in [0.25, 0.3) is 0 Å². The third-order valence-corrected chi connectivity index (χ3v) is 2.93. The molecule has 1 aliphatic carbocycles. The van der Waals surface area contributed by atoms with E-state index in [1.165, 1.54) is 12.8 Å². The number of rotatable bonds is 3. The Kier molecular flexibility index (Phi) is 2.86. The minimum atomic E-state index is 0.00986. The maximum absolute atomic E-state index is 11.9. The van der Waals surface area contributed by atoms with Crippen LogP contribution in [0.4, 0.5) is 0 Å². The van der Waals surface area contributed by atoms with Crippen molar-refractivity contribution in [1.82, 2.24) is 4.90 Å². The summed E-state index contributed by atoms with van der Waals surface area (Å²) in [5, 5.41) is 9.47. The van der Waals surface area contributed by atoms with Crippen LogP contribution < -0.4 is 0 Å². The number of hydrogen-bond donors (Lipinski definition) is 1. The van der Waals surface area contributed by atoms with Gasteiger partial charge in [-0.1, -0.05) is 0 Å². The van der Waals surface area contributed by atoms with Crippen LogP contribution in [0.1, 0.15) is 28.8 Å². The van der Waals surface area contributed by atoms with E-state index in [9.17, 15) is 9.90 Å². The van der Waals surface area contributed by atoms with Crippen molar-refractivity contribution in [3.8, 4) is 5.75 Å². The van der Waals surface area contributed by atoms with Gasteiger partial charge in [-0.2, -0.15) is 0 Å². The number of nitrogens with zero attached hydrogens (tertiary/aromatic N) is 1. The van der Waals surface area contributed by atoms with Crippen LogP contribution in [0.15, 0.2) is 18.2 Å². The van der Waals surface area contributed by atoms with E-state index in [0.717, 1.165) is 17.5 Å². The van der Waals surface area contributed by atoms with E-state index < -0.39 is 0 Å². The number of aromatic hydroxyl groups is 1. The van der Waals surface area contributed by atoms with Crippen LogP contribution in [-0.2, 0) is 6.42 Å². The van der Waals surface area contributed by atoms with E-state index in [2.05, 4.69) is 0 Å². The Morgan fingerprint density at radius 2 is 2.12 bits per heavy atom. The number of phenolic OH excluding ortho intramolecular Hbond substituents is 1. The lowest BCUT2D eigenvalue weighted by Gasteiger charge is -2.14. The lowest BCUT2D eigenvalue weighted by Crippen LogP contribution is -2.23. The summed E-state index contributed by atoms with van der Waals surface area (Å²) >= 11 is 0. The van der Waals surface area contributed by atoms with Crippen molar-refractivity contribution in [2.75, 3.05) is 14.1 Å². The molecule has 1 N–H and O–H groups in total. The molecule has 2 rings (SSSR count). The second kappa shape index (κ2) is 4.16. The molecule has 0 radical (unpaired) electrons. The molecule has 1 aromatic carbocycles. The lowest BCUT2D eigenvalue weighted by molar-refractivity contribution is 0.0826. The number of carbonyl (C=O) groups excluding carboxylic acids is 1. The summed E-state index contributed by atoms with van der Waals surface area (Å²) in [5.41, 5.74) is 1.69. The summed E-state index contributed by atoms with van der Waals surface area (Å²) < 4.78 is 0. The molecule has 0 unspecified atom stereocenters. The van der Waals surface area contributed by atoms with E-state index >= 15 is 0 Å². The van der Waals surface area contributed by atoms with Gasteiger partial charge in [0.15, 0.2) is 0 Å². The van der Waals surface area contributed by atoms with Gasteiger partial charge in [-0.15, -0.1) is 0 Å². The first-order valence-electron chi connectivity index (χ1n) is 5.61. The topological polar surface area (TPSA) is 40.5 Å². The number of amides is 1. The Morgan fingerprint density at radius 3 is 2.69 bits per heavy atom. The largest absolute Gasteiger partial charge is 0.508 e. The van der Waals surface area contributed by atoms with E-state index in [1.807, 2.05) is 0 Å². The highest BCUT2D eigenvalue weighted by Gasteiger charge is 2.24. The van der Waals surface area contributed by atoms with E-state index in [4.69, 9.17) is 0 Å². The Hall–Kier alpha value is -1.51. The van der Waals surface area contributed by atoms with Gasteiger partial charge in [0.05, 0.1) is 0 Å².